The SMILES string of the molecule is COC(=O)CCCCCCCCCCOc1cccc(OCCCCCCCCCCC(=O)OC)c1. The number of hydrogen-bond donors (Lipinski definition) is 0. The number of hydrogen-bond acceptors (Lipinski definition) is 6. The molecule has 0 aliphatic heterocycles. The number of rotatable bonds is 24. The van der Waals surface area contributed by atoms with Crippen molar-refractivity contribution in [2.24, 2.45) is 0 Å². The maximum Gasteiger partial charge on any atom is 0.305 e. The maximum atomic E-state index is 11.1. The number of esters is 2. The number of methoxy groups -OCH3 is 2. The van der Waals surface area contributed by atoms with Crippen LogP contribution in [0.1, 0.15) is 116 Å². The van der Waals surface area contributed by atoms with Gasteiger partial charge in [0.1, 0.15) is 11.5 Å². The molecule has 0 atom stereocenters. The Morgan fingerprint density at radius 3 is 1.22 bits per heavy atom. The predicted octanol–water partition coefficient (Wildman–Crippen LogP) is 7.81. The normalized spacial score (nSPS) is 10.7. The average Bonchev–Trinajstić information content (AvgIpc) is 2.90. The second-order valence-electron chi connectivity index (χ2n) is 9.48. The van der Waals surface area contributed by atoms with Crippen molar-refractivity contribution in [1.82, 2.24) is 0 Å². The molecule has 6 nitrogen and oxygen atoms in total. The molecule has 36 heavy (non-hydrogen) atoms. The third-order valence-corrected chi connectivity index (χ3v) is 6.35. The van der Waals surface area contributed by atoms with Gasteiger partial charge in [-0.05, 0) is 37.8 Å². The van der Waals surface area contributed by atoms with Crippen LogP contribution >= 0.6 is 0 Å². The van der Waals surface area contributed by atoms with E-state index in [1.807, 2.05) is 24.3 Å². The van der Waals surface area contributed by atoms with Crippen LogP contribution in [0.25, 0.3) is 0 Å². The van der Waals surface area contributed by atoms with Crippen molar-refractivity contribution in [2.75, 3.05) is 27.4 Å². The van der Waals surface area contributed by atoms with E-state index in [1.165, 1.54) is 78.4 Å². The zero-order valence-electron chi connectivity index (χ0n) is 22.9. The van der Waals surface area contributed by atoms with Gasteiger partial charge in [0.05, 0.1) is 27.4 Å². The molecular weight excluding hydrogens is 456 g/mol. The van der Waals surface area contributed by atoms with Gasteiger partial charge in [-0.1, -0.05) is 83.1 Å². The van der Waals surface area contributed by atoms with Crippen LogP contribution in [0, 0.1) is 0 Å². The Morgan fingerprint density at radius 1 is 0.528 bits per heavy atom. The summed E-state index contributed by atoms with van der Waals surface area (Å²) in [7, 11) is 2.89. The predicted molar refractivity (Wildman–Crippen MR) is 145 cm³/mol. The van der Waals surface area contributed by atoms with Crippen molar-refractivity contribution < 1.29 is 28.5 Å². The van der Waals surface area contributed by atoms with E-state index in [2.05, 4.69) is 9.47 Å². The fourth-order valence-electron chi connectivity index (χ4n) is 4.10. The summed E-state index contributed by atoms with van der Waals surface area (Å²) < 4.78 is 21.1. The molecule has 0 heterocycles. The highest BCUT2D eigenvalue weighted by Gasteiger charge is 2.02. The lowest BCUT2D eigenvalue weighted by molar-refractivity contribution is -0.141. The van der Waals surface area contributed by atoms with Crippen LogP contribution in [-0.2, 0) is 19.1 Å². The highest BCUT2D eigenvalue weighted by Crippen LogP contribution is 2.20. The number of ether oxygens (including phenoxy) is 4. The minimum atomic E-state index is -0.101. The van der Waals surface area contributed by atoms with Gasteiger partial charge in [0.15, 0.2) is 0 Å². The molecule has 1 aromatic carbocycles. The van der Waals surface area contributed by atoms with Gasteiger partial charge in [0.2, 0.25) is 0 Å². The second kappa shape index (κ2) is 23.2. The van der Waals surface area contributed by atoms with E-state index >= 15 is 0 Å². The molecule has 0 radical (unpaired) electrons. The van der Waals surface area contributed by atoms with Crippen LogP contribution in [0.3, 0.4) is 0 Å². The third-order valence-electron chi connectivity index (χ3n) is 6.35. The van der Waals surface area contributed by atoms with Gasteiger partial charge >= 0.3 is 11.9 Å². The highest BCUT2D eigenvalue weighted by atomic mass is 16.5. The summed E-state index contributed by atoms with van der Waals surface area (Å²) in [6.45, 7) is 1.48. The molecule has 0 N–H and O–H groups in total. The quantitative estimate of drug-likeness (QED) is 0.105. The standard InChI is InChI=1S/C30H50O6/c1-33-29(31)22-15-11-7-3-5-9-13-17-24-35-27-20-19-21-28(26-27)36-25-18-14-10-6-4-8-12-16-23-30(32)34-2/h19-21,26H,3-18,22-25H2,1-2H3. The Kier molecular flexibility index (Phi) is 20.5. The van der Waals surface area contributed by atoms with E-state index < -0.39 is 0 Å². The molecule has 0 aromatic heterocycles. The first-order valence-corrected chi connectivity index (χ1v) is 14.1. The van der Waals surface area contributed by atoms with Gasteiger partial charge in [0, 0.05) is 18.9 Å². The minimum Gasteiger partial charge on any atom is -0.493 e. The summed E-state index contributed by atoms with van der Waals surface area (Å²) in [5.41, 5.74) is 0. The van der Waals surface area contributed by atoms with Gasteiger partial charge in [0.25, 0.3) is 0 Å². The van der Waals surface area contributed by atoms with Crippen molar-refractivity contribution in [3.05, 3.63) is 24.3 Å². The molecule has 0 fully saturated rings. The van der Waals surface area contributed by atoms with Crippen molar-refractivity contribution in [1.29, 1.82) is 0 Å². The van der Waals surface area contributed by atoms with E-state index in [0.717, 1.165) is 63.2 Å². The molecule has 0 aliphatic carbocycles. The van der Waals surface area contributed by atoms with E-state index in [1.54, 1.807) is 0 Å². The third kappa shape index (κ3) is 19.0. The van der Waals surface area contributed by atoms with Crippen molar-refractivity contribution in [2.45, 2.75) is 116 Å². The Morgan fingerprint density at radius 2 is 0.861 bits per heavy atom. The molecular formula is C30H50O6. The lowest BCUT2D eigenvalue weighted by atomic mass is 10.1. The fraction of sp³-hybridized carbons (Fsp3) is 0.733. The average molecular weight is 507 g/mol. The Hall–Kier alpha value is -2.24. The maximum absolute atomic E-state index is 11.1. The first-order valence-electron chi connectivity index (χ1n) is 14.1. The number of carbonyl (C=O) groups is 2. The molecule has 0 aliphatic rings. The molecule has 0 unspecified atom stereocenters. The number of unbranched alkanes of at least 4 members (excludes halogenated alkanes) is 14. The monoisotopic (exact) mass is 506 g/mol. The Bertz CT molecular complexity index is 622. The van der Waals surface area contributed by atoms with Crippen LogP contribution in [0.5, 0.6) is 11.5 Å². The topological polar surface area (TPSA) is 71.1 Å². The van der Waals surface area contributed by atoms with Crippen LogP contribution < -0.4 is 9.47 Å². The number of carbonyl (C=O) groups excluding carboxylic acids is 2. The first-order chi connectivity index (χ1) is 17.7. The highest BCUT2D eigenvalue weighted by molar-refractivity contribution is 5.69. The smallest absolute Gasteiger partial charge is 0.305 e. The Labute approximate surface area is 219 Å². The molecule has 206 valence electrons. The van der Waals surface area contributed by atoms with Gasteiger partial charge in [-0.3, -0.25) is 9.59 Å². The molecule has 6 heteroatoms. The second-order valence-corrected chi connectivity index (χ2v) is 9.48. The van der Waals surface area contributed by atoms with Crippen molar-refractivity contribution >= 4 is 11.9 Å². The van der Waals surface area contributed by atoms with Gasteiger partial charge in [-0.25, -0.2) is 0 Å². The molecule has 0 saturated heterocycles. The van der Waals surface area contributed by atoms with Crippen LogP contribution in [0.15, 0.2) is 24.3 Å². The lowest BCUT2D eigenvalue weighted by Gasteiger charge is -2.10. The summed E-state index contributed by atoms with van der Waals surface area (Å²) in [6, 6.07) is 7.96. The van der Waals surface area contributed by atoms with Gasteiger partial charge in [-0.2, -0.15) is 0 Å². The summed E-state index contributed by atoms with van der Waals surface area (Å²) in [4.78, 5) is 22.1. The molecule has 0 saturated carbocycles. The minimum absolute atomic E-state index is 0.101. The summed E-state index contributed by atoms with van der Waals surface area (Å²) >= 11 is 0. The molecule has 0 amide bonds. The van der Waals surface area contributed by atoms with Crippen LogP contribution in [0.4, 0.5) is 0 Å². The van der Waals surface area contributed by atoms with Gasteiger partial charge in [-0.15, -0.1) is 0 Å². The van der Waals surface area contributed by atoms with Gasteiger partial charge < -0.3 is 18.9 Å². The summed E-state index contributed by atoms with van der Waals surface area (Å²) in [6.07, 6.45) is 19.5. The molecule has 1 aromatic rings. The van der Waals surface area contributed by atoms with E-state index in [9.17, 15) is 9.59 Å². The van der Waals surface area contributed by atoms with E-state index in [4.69, 9.17) is 9.47 Å². The fourth-order valence-corrected chi connectivity index (χ4v) is 4.10. The number of benzene rings is 1. The van der Waals surface area contributed by atoms with Crippen LogP contribution in [0.2, 0.25) is 0 Å². The van der Waals surface area contributed by atoms with Crippen LogP contribution in [-0.4, -0.2) is 39.4 Å². The Balaban J connectivity index is 1.93. The largest absolute Gasteiger partial charge is 0.493 e. The summed E-state index contributed by atoms with van der Waals surface area (Å²) in [5.74, 6) is 1.56. The zero-order chi connectivity index (χ0) is 26.1. The molecule has 0 bridgehead atoms. The first kappa shape index (κ1) is 31.8. The zero-order valence-corrected chi connectivity index (χ0v) is 22.9. The van der Waals surface area contributed by atoms with Crippen molar-refractivity contribution in [3.8, 4) is 11.5 Å². The molecule has 1 rings (SSSR count). The molecule has 0 spiro atoms. The van der Waals surface area contributed by atoms with E-state index in [0.29, 0.717) is 12.8 Å². The van der Waals surface area contributed by atoms with Crippen molar-refractivity contribution in [3.63, 3.8) is 0 Å². The summed E-state index contributed by atoms with van der Waals surface area (Å²) in [5, 5.41) is 0. The lowest BCUT2D eigenvalue weighted by Crippen LogP contribution is -2.00. The van der Waals surface area contributed by atoms with E-state index in [-0.39, 0.29) is 11.9 Å².